The summed E-state index contributed by atoms with van der Waals surface area (Å²) in [5, 5.41) is 5.80. The molecule has 4 heterocycles. The molecule has 1 spiro atoms. The molecule has 8 nitrogen and oxygen atoms in total. The summed E-state index contributed by atoms with van der Waals surface area (Å²) in [7, 11) is 0. The Balaban J connectivity index is 1.19. The molecule has 2 N–H and O–H groups in total. The van der Waals surface area contributed by atoms with Crippen LogP contribution in [0.15, 0.2) is 24.3 Å². The van der Waals surface area contributed by atoms with E-state index in [-0.39, 0.29) is 17.9 Å². The van der Waals surface area contributed by atoms with Crippen molar-refractivity contribution in [3.05, 3.63) is 29.8 Å². The first kappa shape index (κ1) is 24.0. The largest absolute Gasteiger partial charge is 0.350 e. The molecule has 34 heavy (non-hydrogen) atoms. The second kappa shape index (κ2) is 9.39. The van der Waals surface area contributed by atoms with Gasteiger partial charge in [0.1, 0.15) is 0 Å². The number of aryl methyl sites for hydroxylation is 1. The van der Waals surface area contributed by atoms with Crippen LogP contribution in [-0.4, -0.2) is 43.2 Å². The molecule has 5 aliphatic rings. The van der Waals surface area contributed by atoms with E-state index in [1.165, 1.54) is 0 Å². The summed E-state index contributed by atoms with van der Waals surface area (Å²) in [6.45, 7) is 9.19. The Morgan fingerprint density at radius 1 is 1.15 bits per heavy atom. The van der Waals surface area contributed by atoms with Crippen LogP contribution in [0.5, 0.6) is 0 Å². The Kier molecular flexibility index (Phi) is 6.63. The summed E-state index contributed by atoms with van der Waals surface area (Å²) in [5.41, 5.74) is 1.35. The third-order valence-corrected chi connectivity index (χ3v) is 8.41. The second-order valence-electron chi connectivity index (χ2n) is 10.5. The van der Waals surface area contributed by atoms with Crippen molar-refractivity contribution >= 4 is 11.7 Å². The van der Waals surface area contributed by atoms with Gasteiger partial charge in [-0.05, 0) is 56.1 Å². The van der Waals surface area contributed by atoms with Gasteiger partial charge in [0.25, 0.3) is 0 Å². The fraction of sp³-hybridized carbons (Fsp3) is 0.731. The van der Waals surface area contributed by atoms with Crippen molar-refractivity contribution in [2.45, 2.75) is 83.8 Å². The van der Waals surface area contributed by atoms with Gasteiger partial charge in [-0.2, -0.15) is 0 Å². The second-order valence-corrected chi connectivity index (χ2v) is 10.5. The van der Waals surface area contributed by atoms with E-state index >= 15 is 0 Å². The molecular formula is C26H38N2O6. The van der Waals surface area contributed by atoms with Crippen molar-refractivity contribution in [2.75, 3.05) is 18.5 Å². The van der Waals surface area contributed by atoms with Gasteiger partial charge in [0.05, 0.1) is 6.61 Å². The molecule has 4 aliphatic heterocycles. The van der Waals surface area contributed by atoms with Gasteiger partial charge in [0.2, 0.25) is 5.79 Å². The monoisotopic (exact) mass is 474 g/mol. The van der Waals surface area contributed by atoms with Gasteiger partial charge in [-0.3, -0.25) is 0 Å². The van der Waals surface area contributed by atoms with Gasteiger partial charge in [0, 0.05) is 30.5 Å². The van der Waals surface area contributed by atoms with E-state index in [2.05, 4.69) is 31.4 Å². The predicted molar refractivity (Wildman–Crippen MR) is 126 cm³/mol. The molecule has 5 fully saturated rings. The number of fused-ring (bicyclic) bond motifs is 2. The van der Waals surface area contributed by atoms with Crippen LogP contribution in [0.1, 0.15) is 58.9 Å². The molecule has 8 heteroatoms. The summed E-state index contributed by atoms with van der Waals surface area (Å²) in [6, 6.07) is 7.57. The average Bonchev–Trinajstić information content (AvgIpc) is 3.06. The molecule has 4 saturated heterocycles. The van der Waals surface area contributed by atoms with Crippen molar-refractivity contribution in [2.24, 2.45) is 23.7 Å². The number of hydrogen-bond donors (Lipinski definition) is 2. The highest BCUT2D eigenvalue weighted by Crippen LogP contribution is 2.60. The van der Waals surface area contributed by atoms with Crippen molar-refractivity contribution in [3.8, 4) is 0 Å². The molecule has 0 aromatic heterocycles. The van der Waals surface area contributed by atoms with Gasteiger partial charge >= 0.3 is 6.03 Å². The van der Waals surface area contributed by atoms with Crippen LogP contribution in [0.3, 0.4) is 0 Å². The molecule has 0 unspecified atom stereocenters. The quantitative estimate of drug-likeness (QED) is 0.463. The zero-order valence-corrected chi connectivity index (χ0v) is 20.7. The van der Waals surface area contributed by atoms with Crippen molar-refractivity contribution in [3.63, 3.8) is 0 Å². The van der Waals surface area contributed by atoms with Crippen LogP contribution in [0, 0.1) is 23.7 Å². The lowest BCUT2D eigenvalue weighted by Gasteiger charge is -2.60. The van der Waals surface area contributed by atoms with Crippen molar-refractivity contribution < 1.29 is 28.8 Å². The van der Waals surface area contributed by atoms with Crippen molar-refractivity contribution in [1.29, 1.82) is 0 Å². The number of anilines is 1. The van der Waals surface area contributed by atoms with Crippen LogP contribution in [-0.2, 0) is 30.4 Å². The molecule has 1 saturated carbocycles. The fourth-order valence-corrected chi connectivity index (χ4v) is 6.52. The van der Waals surface area contributed by atoms with Crippen LogP contribution >= 0.6 is 0 Å². The van der Waals surface area contributed by atoms with E-state index < -0.39 is 24.0 Å². The van der Waals surface area contributed by atoms with E-state index in [4.69, 9.17) is 24.0 Å². The molecule has 1 aromatic carbocycles. The summed E-state index contributed by atoms with van der Waals surface area (Å²) < 4.78 is 18.9. The lowest BCUT2D eigenvalue weighted by Crippen LogP contribution is -2.70. The predicted octanol–water partition coefficient (Wildman–Crippen LogP) is 4.60. The number of carbonyl (C=O) groups is 1. The lowest BCUT2D eigenvalue weighted by atomic mass is 9.58. The first-order chi connectivity index (χ1) is 16.4. The van der Waals surface area contributed by atoms with Gasteiger partial charge in [-0.25, -0.2) is 14.6 Å². The number of para-hydroxylation sites is 1. The number of amides is 2. The normalized spacial score (nSPS) is 40.8. The molecule has 1 aromatic rings. The Morgan fingerprint density at radius 3 is 2.79 bits per heavy atom. The average molecular weight is 475 g/mol. The number of carbonyl (C=O) groups excluding carboxylic acids is 1. The first-order valence-corrected chi connectivity index (χ1v) is 12.8. The lowest BCUT2D eigenvalue weighted by molar-refractivity contribution is -0.577. The highest BCUT2D eigenvalue weighted by atomic mass is 17.3. The molecule has 2 bridgehead atoms. The first-order valence-electron chi connectivity index (χ1n) is 12.8. The molecule has 1 aliphatic carbocycles. The number of urea groups is 1. The van der Waals surface area contributed by atoms with E-state index in [1.54, 1.807) is 0 Å². The summed E-state index contributed by atoms with van der Waals surface area (Å²) >= 11 is 0. The third-order valence-electron chi connectivity index (χ3n) is 8.41. The number of nitrogens with one attached hydrogen (secondary N) is 2. The van der Waals surface area contributed by atoms with Gasteiger partial charge < -0.3 is 24.8 Å². The van der Waals surface area contributed by atoms with E-state index in [1.807, 2.05) is 31.2 Å². The smallest absolute Gasteiger partial charge is 0.319 e. The number of rotatable bonds is 6. The molecule has 2 amide bonds. The van der Waals surface area contributed by atoms with Gasteiger partial charge in [-0.1, -0.05) is 39.0 Å². The van der Waals surface area contributed by atoms with Crippen LogP contribution < -0.4 is 10.6 Å². The minimum Gasteiger partial charge on any atom is -0.350 e. The molecular weight excluding hydrogens is 436 g/mol. The Hall–Kier alpha value is -1.71. The van der Waals surface area contributed by atoms with Crippen LogP contribution in [0.2, 0.25) is 0 Å². The molecule has 8 atom stereocenters. The Labute approximate surface area is 201 Å². The van der Waals surface area contributed by atoms with E-state index in [0.717, 1.165) is 43.4 Å². The van der Waals surface area contributed by atoms with Gasteiger partial charge in [-0.15, -0.1) is 0 Å². The minimum absolute atomic E-state index is 0.117. The fourth-order valence-electron chi connectivity index (χ4n) is 6.52. The minimum atomic E-state index is -0.795. The maximum absolute atomic E-state index is 12.4. The summed E-state index contributed by atoms with van der Waals surface area (Å²) in [5.74, 6) is 0.408. The number of hydrogen-bond acceptors (Lipinski definition) is 6. The van der Waals surface area contributed by atoms with Crippen LogP contribution in [0.25, 0.3) is 0 Å². The maximum Gasteiger partial charge on any atom is 0.319 e. The van der Waals surface area contributed by atoms with Crippen molar-refractivity contribution in [1.82, 2.24) is 5.32 Å². The zero-order valence-electron chi connectivity index (χ0n) is 20.7. The third kappa shape index (κ3) is 4.13. The van der Waals surface area contributed by atoms with Crippen LogP contribution in [0.4, 0.5) is 10.5 Å². The topological polar surface area (TPSA) is 87.3 Å². The number of ether oxygens (including phenoxy) is 3. The Morgan fingerprint density at radius 2 is 1.97 bits per heavy atom. The highest BCUT2D eigenvalue weighted by Gasteiger charge is 2.69. The molecule has 188 valence electrons. The van der Waals surface area contributed by atoms with Gasteiger partial charge in [0.15, 0.2) is 18.2 Å². The number of benzene rings is 1. The highest BCUT2D eigenvalue weighted by molar-refractivity contribution is 5.90. The standard InChI is InChI=1S/C26H38N2O6/c1-5-18-8-6-7-9-21(18)28-24(29)27-14-15-30-22-17(3)20-11-10-16(2)19-12-13-25(4)32-23(31-22)26(19,20)34-33-25/h6-9,16-17,19-20,22-23H,5,10-15H2,1-4H3,(H2,27,28,29)/t16-,17-,19+,20+,22-,23-,25+,26-/m1/s1. The Bertz CT molecular complexity index is 898. The molecule has 6 rings (SSSR count). The maximum atomic E-state index is 12.4. The van der Waals surface area contributed by atoms with E-state index in [0.29, 0.717) is 25.0 Å². The summed E-state index contributed by atoms with van der Waals surface area (Å²) in [4.78, 5) is 24.4. The zero-order chi connectivity index (χ0) is 23.9. The SMILES string of the molecule is CCc1ccccc1NC(=O)NCCO[C@@H]1O[C@@H]2O[C@]3(C)CC[C@H]4[C@H](C)CC[C@@H]([C@H]1C)[C@@]24OO3. The molecule has 0 radical (unpaired) electrons. The van der Waals surface area contributed by atoms with E-state index in [9.17, 15) is 4.79 Å². The summed E-state index contributed by atoms with van der Waals surface area (Å²) in [6.07, 6.45) is 3.89.